The van der Waals surface area contributed by atoms with E-state index in [0.717, 1.165) is 0 Å². The van der Waals surface area contributed by atoms with Crippen LogP contribution >= 0.6 is 7.82 Å². The van der Waals surface area contributed by atoms with E-state index in [1.165, 1.54) is 0 Å². The maximum Gasteiger partial charge on any atom is 1.00 e. The molecule has 0 saturated carbocycles. The Morgan fingerprint density at radius 1 is 0.727 bits per heavy atom. The molecule has 0 aliphatic carbocycles. The molecule has 0 aromatic rings. The van der Waals surface area contributed by atoms with Gasteiger partial charge < -0.3 is 19.2 Å². The Balaban J connectivity index is -0.00000000533. The third kappa shape index (κ3) is 218. The monoisotopic (exact) mass is 449 g/mol. The molecule has 0 amide bonds. The van der Waals surface area contributed by atoms with Crippen LogP contribution < -0.4 is 14.7 Å². The summed E-state index contributed by atoms with van der Waals surface area (Å²) in [4.78, 5) is 25.6. The average molecular weight is 451 g/mol. The molecule has 0 N–H and O–H groups in total. The third-order valence-corrected chi connectivity index (χ3v) is 0. The number of hydrogen-bond acceptors (Lipinski definition) is 4. The van der Waals surface area contributed by atoms with Gasteiger partial charge in [-0.3, -0.25) is 0 Å². The third-order valence-electron chi connectivity index (χ3n) is 0. The summed E-state index contributed by atoms with van der Waals surface area (Å²) < 4.78 is 8.55. The van der Waals surface area contributed by atoms with E-state index in [9.17, 15) is 0 Å². The van der Waals surface area contributed by atoms with E-state index in [0.29, 0.717) is 0 Å². The molecule has 0 aliphatic heterocycles. The Kier molecular flexibility index (Phi) is 104. The van der Waals surface area contributed by atoms with Gasteiger partial charge in [-0.05, 0) is 0 Å². The van der Waals surface area contributed by atoms with Crippen LogP contribution in [0.1, 0.15) is 0 Å². The second-order valence-electron chi connectivity index (χ2n) is 0.447. The summed E-state index contributed by atoms with van der Waals surface area (Å²) in [5.74, 6) is 0. The van der Waals surface area contributed by atoms with Crippen LogP contribution in [0.4, 0.5) is 0 Å². The molecule has 0 spiro atoms. The van der Waals surface area contributed by atoms with E-state index in [4.69, 9.17) is 19.2 Å². The molecule has 0 unspecified atom stereocenters. The van der Waals surface area contributed by atoms with Crippen molar-refractivity contribution in [3.05, 3.63) is 0 Å². The Labute approximate surface area is 118 Å². The van der Waals surface area contributed by atoms with Crippen LogP contribution in [0.3, 0.4) is 0 Å². The van der Waals surface area contributed by atoms with E-state index in [1.54, 1.807) is 0 Å². The molecule has 0 fully saturated rings. The van der Waals surface area contributed by atoms with Crippen molar-refractivity contribution in [1.29, 1.82) is 0 Å². The molecule has 0 saturated heterocycles. The van der Waals surface area contributed by atoms with Gasteiger partial charge in [-0.2, -0.15) is 7.82 Å². The summed E-state index contributed by atoms with van der Waals surface area (Å²) in [5.41, 5.74) is 0. The summed E-state index contributed by atoms with van der Waals surface area (Å²) in [6, 6.07) is 0. The van der Waals surface area contributed by atoms with Crippen molar-refractivity contribution in [2.75, 3.05) is 0 Å². The van der Waals surface area contributed by atoms with Crippen LogP contribution in [0, 0.1) is 0 Å². The molecule has 0 bridgehead atoms. The van der Waals surface area contributed by atoms with Crippen molar-refractivity contribution in [2.24, 2.45) is 0 Å². The molecule has 9 radical (unpaired) electrons. The van der Waals surface area contributed by atoms with Crippen molar-refractivity contribution < 1.29 is 86.4 Å². The molecule has 0 heterocycles. The average Bonchev–Trinajstić information content (AvgIpc) is 0.722. The molecule has 0 aromatic carbocycles. The minimum absolute atomic E-state index is 0. The van der Waals surface area contributed by atoms with Crippen molar-refractivity contribution in [2.45, 2.75) is 0 Å². The fourth-order valence-corrected chi connectivity index (χ4v) is 0. The minimum atomic E-state index is -5.39. The number of rotatable bonds is 0. The normalized spacial score (nSPS) is 5.36. The predicted molar refractivity (Wildman–Crippen MR) is 24.9 cm³/mol. The summed E-state index contributed by atoms with van der Waals surface area (Å²) in [7, 11) is -5.39. The van der Waals surface area contributed by atoms with Gasteiger partial charge in [0, 0.05) is 25.2 Å². The second kappa shape index (κ2) is 22.9. The van der Waals surface area contributed by atoms with Crippen molar-refractivity contribution >= 4 is 33.1 Å². The molecule has 0 aromatic heterocycles. The number of hydrogen-bond donors (Lipinski definition) is 0. The zero-order valence-electron chi connectivity index (χ0n) is 4.72. The largest absolute Gasteiger partial charge is 1.00 e. The zero-order valence-corrected chi connectivity index (χ0v) is 10.1. The Hall–Kier alpha value is 2.53. The van der Waals surface area contributed by atoms with Crippen molar-refractivity contribution in [3.8, 4) is 0 Å². The summed E-state index contributed by atoms with van der Waals surface area (Å²) >= 11 is 0. The topological polar surface area (TPSA) is 86.2 Å². The molecule has 11 heteroatoms. The first-order chi connectivity index (χ1) is 2.00. The summed E-state index contributed by atoms with van der Waals surface area (Å²) in [6.45, 7) is 0. The van der Waals surface area contributed by atoms with Gasteiger partial charge in [0.25, 0.3) is 0 Å². The first kappa shape index (κ1) is 49.8. The van der Waals surface area contributed by atoms with E-state index in [2.05, 4.69) is 0 Å². The molecule has 0 atom stereocenters. The van der Waals surface area contributed by atoms with Crippen LogP contribution in [0.15, 0.2) is 0 Å². The predicted octanol–water partition coefficient (Wildman–Crippen LogP) is -3.97. The van der Waals surface area contributed by atoms with Crippen LogP contribution in [-0.2, 0) is 71.7 Å². The van der Waals surface area contributed by atoms with Crippen LogP contribution in [-0.4, -0.2) is 25.2 Å². The Bertz CT molecular complexity index is 66.7. The molecule has 0 aliphatic rings. The smallest absolute Gasteiger partial charge is 0.822 e. The van der Waals surface area contributed by atoms with Gasteiger partial charge in [-0.25, -0.2) is 0 Å². The van der Waals surface area contributed by atoms with Crippen LogP contribution in [0.2, 0.25) is 0 Å². The van der Waals surface area contributed by atoms with Crippen LogP contribution in [0.25, 0.3) is 0 Å². The van der Waals surface area contributed by atoms with Gasteiger partial charge in [0.15, 0.2) is 0 Å². The molecule has 11 heavy (non-hydrogen) atoms. The standard InChI is InChI=1S/3Ag.3B.H3O4P/c;;;;;;1-5(2,3)4/h;;;;;;(H3,1,2,3,4)/q3*+1;;;;/p-3. The summed E-state index contributed by atoms with van der Waals surface area (Å²) in [6.07, 6.45) is 0. The van der Waals surface area contributed by atoms with Gasteiger partial charge in [0.05, 0.1) is 0 Å². The van der Waals surface area contributed by atoms with E-state index in [1.807, 2.05) is 0 Å². The SMILES string of the molecule is O=P([O-])([O-])[O-].[Ag+].[Ag+].[Ag+].[B].[B].[B]. The quantitative estimate of drug-likeness (QED) is 0.278. The van der Waals surface area contributed by atoms with E-state index in [-0.39, 0.29) is 92.4 Å². The van der Waals surface area contributed by atoms with Gasteiger partial charge in [-0.1, -0.05) is 0 Å². The maximum atomic E-state index is 8.55. The first-order valence-electron chi connectivity index (χ1n) is 0.730. The fraction of sp³-hybridized carbons (Fsp3) is 0. The second-order valence-corrected chi connectivity index (χ2v) is 1.34. The maximum absolute atomic E-state index is 8.55. The Morgan fingerprint density at radius 2 is 0.727 bits per heavy atom. The molecule has 0 rings (SSSR count). The zero-order chi connectivity index (χ0) is 4.50. The van der Waals surface area contributed by atoms with Gasteiger partial charge in [0.2, 0.25) is 0 Å². The molecule has 4 nitrogen and oxygen atoms in total. The minimum Gasteiger partial charge on any atom is -0.822 e. The number of phosphoric acid groups is 1. The fourth-order valence-electron chi connectivity index (χ4n) is 0. The van der Waals surface area contributed by atoms with Gasteiger partial charge >= 0.3 is 67.1 Å². The van der Waals surface area contributed by atoms with E-state index < -0.39 is 7.82 Å². The van der Waals surface area contributed by atoms with Crippen LogP contribution in [0.5, 0.6) is 0 Å². The van der Waals surface area contributed by atoms with E-state index >= 15 is 0 Å². The molecular formula is Ag3B3O4P. The Morgan fingerprint density at radius 3 is 0.727 bits per heavy atom. The van der Waals surface area contributed by atoms with Crippen molar-refractivity contribution in [1.82, 2.24) is 0 Å². The van der Waals surface area contributed by atoms with Gasteiger partial charge in [-0.15, -0.1) is 0 Å². The molecular weight excluding hydrogens is 451 g/mol. The molecule has 71 valence electrons. The first-order valence-corrected chi connectivity index (χ1v) is 2.19. The summed E-state index contributed by atoms with van der Waals surface area (Å²) in [5, 5.41) is 0. The van der Waals surface area contributed by atoms with Gasteiger partial charge in [0.1, 0.15) is 0 Å². The van der Waals surface area contributed by atoms with Crippen molar-refractivity contribution in [3.63, 3.8) is 0 Å².